The van der Waals surface area contributed by atoms with Crippen LogP contribution >= 0.6 is 0 Å². The lowest BCUT2D eigenvalue weighted by Crippen LogP contribution is -2.48. The van der Waals surface area contributed by atoms with Crippen LogP contribution in [0, 0.1) is 5.92 Å². The van der Waals surface area contributed by atoms with E-state index in [0.29, 0.717) is 19.1 Å². The number of nitrogens with zero attached hydrogens (tertiary/aromatic N) is 1. The summed E-state index contributed by atoms with van der Waals surface area (Å²) < 4.78 is 0. The van der Waals surface area contributed by atoms with Crippen molar-refractivity contribution in [1.29, 1.82) is 0 Å². The lowest BCUT2D eigenvalue weighted by atomic mass is 9.91. The second-order valence-electron chi connectivity index (χ2n) is 6.57. The van der Waals surface area contributed by atoms with Crippen LogP contribution in [0.2, 0.25) is 0 Å². The molecule has 4 heteroatoms. The van der Waals surface area contributed by atoms with Crippen molar-refractivity contribution in [2.24, 2.45) is 5.92 Å². The molecule has 20 heavy (non-hydrogen) atoms. The second kappa shape index (κ2) is 9.35. The summed E-state index contributed by atoms with van der Waals surface area (Å²) in [4.78, 5) is 14.2. The van der Waals surface area contributed by atoms with Crippen molar-refractivity contribution < 1.29 is 9.90 Å². The molecule has 1 aliphatic carbocycles. The van der Waals surface area contributed by atoms with Crippen molar-refractivity contribution in [2.75, 3.05) is 19.7 Å². The number of aliphatic hydroxyl groups is 1. The van der Waals surface area contributed by atoms with Gasteiger partial charge < -0.3 is 10.4 Å². The predicted molar refractivity (Wildman–Crippen MR) is 82.6 cm³/mol. The lowest BCUT2D eigenvalue weighted by Gasteiger charge is -2.36. The molecule has 1 amide bonds. The van der Waals surface area contributed by atoms with Gasteiger partial charge in [-0.1, -0.05) is 33.1 Å². The fourth-order valence-corrected chi connectivity index (χ4v) is 2.68. The Kier molecular flexibility index (Phi) is 8.15. The van der Waals surface area contributed by atoms with Crippen molar-refractivity contribution >= 4 is 5.91 Å². The molecule has 0 aromatic carbocycles. The Morgan fingerprint density at radius 2 is 2.00 bits per heavy atom. The minimum atomic E-state index is 0.0994. The van der Waals surface area contributed by atoms with Gasteiger partial charge in [-0.15, -0.1) is 0 Å². The van der Waals surface area contributed by atoms with Crippen LogP contribution in [0.4, 0.5) is 0 Å². The van der Waals surface area contributed by atoms with Gasteiger partial charge in [0.05, 0.1) is 13.2 Å². The molecule has 0 heterocycles. The molecule has 0 bridgehead atoms. The monoisotopic (exact) mass is 284 g/mol. The molecule has 1 atom stereocenters. The van der Waals surface area contributed by atoms with Gasteiger partial charge in [0.15, 0.2) is 0 Å². The van der Waals surface area contributed by atoms with Crippen LogP contribution in [0.1, 0.15) is 59.3 Å². The SMILES string of the molecule is CC(C)CCCC(C)NC(=O)CN(CCO)C1CCC1. The van der Waals surface area contributed by atoms with Crippen LogP contribution < -0.4 is 5.32 Å². The number of carbonyl (C=O) groups is 1. The summed E-state index contributed by atoms with van der Waals surface area (Å²) in [5, 5.41) is 12.2. The molecule has 1 rings (SSSR count). The molecular weight excluding hydrogens is 252 g/mol. The quantitative estimate of drug-likeness (QED) is 0.646. The van der Waals surface area contributed by atoms with Gasteiger partial charge in [0, 0.05) is 18.6 Å². The number of carbonyl (C=O) groups excluding carboxylic acids is 1. The Morgan fingerprint density at radius 3 is 2.50 bits per heavy atom. The molecule has 1 fully saturated rings. The minimum Gasteiger partial charge on any atom is -0.395 e. The Morgan fingerprint density at radius 1 is 1.30 bits per heavy atom. The van der Waals surface area contributed by atoms with Crippen molar-refractivity contribution in [3.63, 3.8) is 0 Å². The van der Waals surface area contributed by atoms with Crippen molar-refractivity contribution in [2.45, 2.75) is 71.4 Å². The maximum absolute atomic E-state index is 12.0. The Hall–Kier alpha value is -0.610. The zero-order valence-corrected chi connectivity index (χ0v) is 13.4. The van der Waals surface area contributed by atoms with Crippen molar-refractivity contribution in [3.8, 4) is 0 Å². The van der Waals surface area contributed by atoms with Crippen LogP contribution in [0.5, 0.6) is 0 Å². The number of hydrogen-bond donors (Lipinski definition) is 2. The fraction of sp³-hybridized carbons (Fsp3) is 0.938. The molecule has 1 aliphatic rings. The largest absolute Gasteiger partial charge is 0.395 e. The van der Waals surface area contributed by atoms with E-state index in [1.165, 1.54) is 19.3 Å². The Bertz CT molecular complexity index is 278. The van der Waals surface area contributed by atoms with Crippen LogP contribution in [-0.4, -0.2) is 47.7 Å². The maximum Gasteiger partial charge on any atom is 0.234 e. The topological polar surface area (TPSA) is 52.6 Å². The van der Waals surface area contributed by atoms with E-state index in [2.05, 4.69) is 31.0 Å². The maximum atomic E-state index is 12.0. The summed E-state index contributed by atoms with van der Waals surface area (Å²) in [6.45, 7) is 7.72. The minimum absolute atomic E-state index is 0.0994. The van der Waals surface area contributed by atoms with E-state index in [0.717, 1.165) is 25.2 Å². The van der Waals surface area contributed by atoms with E-state index in [4.69, 9.17) is 5.11 Å². The van der Waals surface area contributed by atoms with Gasteiger partial charge in [-0.3, -0.25) is 9.69 Å². The summed E-state index contributed by atoms with van der Waals surface area (Å²) in [5.74, 6) is 0.832. The third kappa shape index (κ3) is 6.71. The molecule has 0 radical (unpaired) electrons. The van der Waals surface area contributed by atoms with E-state index in [1.54, 1.807) is 0 Å². The van der Waals surface area contributed by atoms with Gasteiger partial charge in [0.25, 0.3) is 0 Å². The molecule has 0 aromatic rings. The Balaban J connectivity index is 2.22. The summed E-state index contributed by atoms with van der Waals surface area (Å²) in [5.41, 5.74) is 0. The summed E-state index contributed by atoms with van der Waals surface area (Å²) in [6.07, 6.45) is 7.02. The van der Waals surface area contributed by atoms with Crippen LogP contribution in [0.3, 0.4) is 0 Å². The van der Waals surface area contributed by atoms with Crippen molar-refractivity contribution in [3.05, 3.63) is 0 Å². The zero-order valence-electron chi connectivity index (χ0n) is 13.4. The number of nitrogens with one attached hydrogen (secondary N) is 1. The van der Waals surface area contributed by atoms with E-state index >= 15 is 0 Å². The molecule has 118 valence electrons. The zero-order chi connectivity index (χ0) is 15.0. The lowest BCUT2D eigenvalue weighted by molar-refractivity contribution is -0.124. The van der Waals surface area contributed by atoms with E-state index in [1.807, 2.05) is 0 Å². The normalized spacial score (nSPS) is 17.3. The standard InChI is InChI=1S/C16H32N2O2/c1-13(2)6-4-7-14(3)17-16(20)12-18(10-11-19)15-8-5-9-15/h13-15,19H,4-12H2,1-3H3,(H,17,20). The number of aliphatic hydroxyl groups excluding tert-OH is 1. The van der Waals surface area contributed by atoms with Crippen LogP contribution in [-0.2, 0) is 4.79 Å². The van der Waals surface area contributed by atoms with Gasteiger partial charge >= 0.3 is 0 Å². The fourth-order valence-electron chi connectivity index (χ4n) is 2.68. The average molecular weight is 284 g/mol. The molecule has 0 aromatic heterocycles. The first kappa shape index (κ1) is 17.4. The summed E-state index contributed by atoms with van der Waals surface area (Å²) in [6, 6.07) is 0.753. The van der Waals surface area contributed by atoms with Crippen molar-refractivity contribution in [1.82, 2.24) is 10.2 Å². The molecule has 2 N–H and O–H groups in total. The molecule has 0 spiro atoms. The van der Waals surface area contributed by atoms with E-state index in [-0.39, 0.29) is 18.6 Å². The van der Waals surface area contributed by atoms with E-state index in [9.17, 15) is 4.79 Å². The molecule has 1 unspecified atom stereocenters. The van der Waals surface area contributed by atoms with Crippen LogP contribution in [0.15, 0.2) is 0 Å². The van der Waals surface area contributed by atoms with Gasteiger partial charge in [0.2, 0.25) is 5.91 Å². The van der Waals surface area contributed by atoms with Crippen LogP contribution in [0.25, 0.3) is 0 Å². The molecule has 0 saturated heterocycles. The highest BCUT2D eigenvalue weighted by Crippen LogP contribution is 2.24. The average Bonchev–Trinajstić information content (AvgIpc) is 2.25. The van der Waals surface area contributed by atoms with Gasteiger partial charge in [0.1, 0.15) is 0 Å². The third-order valence-corrected chi connectivity index (χ3v) is 4.15. The summed E-state index contributed by atoms with van der Waals surface area (Å²) in [7, 11) is 0. The highest BCUT2D eigenvalue weighted by Gasteiger charge is 2.26. The first-order valence-electron chi connectivity index (χ1n) is 8.17. The van der Waals surface area contributed by atoms with E-state index < -0.39 is 0 Å². The first-order chi connectivity index (χ1) is 9.52. The number of hydrogen-bond acceptors (Lipinski definition) is 3. The number of rotatable bonds is 10. The molecule has 4 nitrogen and oxygen atoms in total. The van der Waals surface area contributed by atoms with Gasteiger partial charge in [-0.05, 0) is 32.1 Å². The second-order valence-corrected chi connectivity index (χ2v) is 6.57. The van der Waals surface area contributed by atoms with Gasteiger partial charge in [-0.25, -0.2) is 0 Å². The third-order valence-electron chi connectivity index (χ3n) is 4.15. The number of amides is 1. The first-order valence-corrected chi connectivity index (χ1v) is 8.17. The molecular formula is C16H32N2O2. The highest BCUT2D eigenvalue weighted by molar-refractivity contribution is 5.78. The predicted octanol–water partition coefficient (Wildman–Crippen LogP) is 2.16. The molecule has 1 saturated carbocycles. The van der Waals surface area contributed by atoms with Gasteiger partial charge in [-0.2, -0.15) is 0 Å². The summed E-state index contributed by atoms with van der Waals surface area (Å²) >= 11 is 0. The Labute approximate surface area is 123 Å². The highest BCUT2D eigenvalue weighted by atomic mass is 16.3. The smallest absolute Gasteiger partial charge is 0.234 e. The molecule has 0 aliphatic heterocycles.